The highest BCUT2D eigenvalue weighted by molar-refractivity contribution is 6.13. The van der Waals surface area contributed by atoms with E-state index in [1.54, 1.807) is 42.5 Å². The van der Waals surface area contributed by atoms with Crippen molar-refractivity contribution in [3.05, 3.63) is 118 Å². The van der Waals surface area contributed by atoms with Crippen molar-refractivity contribution in [1.82, 2.24) is 16.0 Å². The average Bonchev–Trinajstić information content (AvgIpc) is 3.34. The molecule has 20 heteroatoms. The van der Waals surface area contributed by atoms with Crippen LogP contribution in [0.1, 0.15) is 68.6 Å². The second kappa shape index (κ2) is 22.9. The van der Waals surface area contributed by atoms with Gasteiger partial charge in [0.05, 0.1) is 76.0 Å². The first-order chi connectivity index (χ1) is 31.8. The Labute approximate surface area is 379 Å². The third kappa shape index (κ3) is 11.7. The second-order valence-electron chi connectivity index (χ2n) is 13.9. The normalized spacial score (nSPS) is 12.2. The summed E-state index contributed by atoms with van der Waals surface area (Å²) < 4.78 is 32.4. The number of hydrogen-bond acceptors (Lipinski definition) is 14. The third-order valence-electron chi connectivity index (χ3n) is 9.77. The van der Waals surface area contributed by atoms with E-state index in [-0.39, 0.29) is 100 Å². The fourth-order valence-electron chi connectivity index (χ4n) is 6.45. The molecule has 66 heavy (non-hydrogen) atoms. The molecular weight excluding hydrogens is 857 g/mol. The van der Waals surface area contributed by atoms with E-state index < -0.39 is 35.4 Å². The number of nitrogens with two attached hydrogens (primary N) is 2. The molecule has 0 radical (unpaired) electrons. The first kappa shape index (κ1) is 48.8. The van der Waals surface area contributed by atoms with Crippen LogP contribution in [-0.2, 0) is 0 Å². The number of carbonyl (C=O) groups excluding carboxylic acids is 6. The number of rotatable bonds is 19. The Balaban J connectivity index is 1.28. The van der Waals surface area contributed by atoms with Crippen molar-refractivity contribution in [1.29, 1.82) is 0 Å². The van der Waals surface area contributed by atoms with E-state index in [2.05, 4.69) is 31.6 Å². The van der Waals surface area contributed by atoms with Crippen molar-refractivity contribution >= 4 is 52.5 Å². The number of amides is 6. The van der Waals surface area contributed by atoms with E-state index in [1.807, 2.05) is 0 Å². The fraction of sp³-hybridized carbons (Fsp3) is 0.239. The summed E-state index contributed by atoms with van der Waals surface area (Å²) in [6.07, 6.45) is 4.89. The molecule has 1 aliphatic carbocycles. The maximum Gasteiger partial charge on any atom is 0.281 e. The molecular formula is C46H50N8O12. The molecule has 0 spiro atoms. The summed E-state index contributed by atoms with van der Waals surface area (Å²) in [5.41, 5.74) is 12.8. The van der Waals surface area contributed by atoms with Gasteiger partial charge in [0.15, 0.2) is 0 Å². The number of aliphatic imine (C=N–C) groups is 1. The number of ether oxygens (including phenoxy) is 6. The van der Waals surface area contributed by atoms with Gasteiger partial charge in [-0.2, -0.15) is 0 Å². The van der Waals surface area contributed by atoms with Crippen LogP contribution in [0.25, 0.3) is 0 Å². The third-order valence-corrected chi connectivity index (χ3v) is 9.77. The summed E-state index contributed by atoms with van der Waals surface area (Å²) in [5.74, 6) is -2.52. The van der Waals surface area contributed by atoms with E-state index in [0.29, 0.717) is 22.8 Å². The van der Waals surface area contributed by atoms with Crippen LogP contribution in [0, 0.1) is 0 Å². The summed E-state index contributed by atoms with van der Waals surface area (Å²) in [7, 11) is 8.25. The minimum absolute atomic E-state index is 0.00445. The van der Waals surface area contributed by atoms with Crippen molar-refractivity contribution in [2.45, 2.75) is 6.42 Å². The zero-order valence-electron chi connectivity index (χ0n) is 37.0. The molecule has 1 aliphatic rings. The van der Waals surface area contributed by atoms with Gasteiger partial charge in [-0.3, -0.25) is 28.8 Å². The highest BCUT2D eigenvalue weighted by Crippen LogP contribution is 2.33. The SMILES string of the molecule is COc1cc(OC)c(C(=O)Nc2ccc(NC(=O)c3cc(C(=O)NCCN)c(OC)cc3OC)cc2)cc1C(=O)N=C1C=CC(NC(=O)c2cc(C(=O)NCCN)c(OC)cc2OC)=CC1. The molecule has 0 fully saturated rings. The molecule has 0 saturated heterocycles. The Bertz CT molecular complexity index is 2610. The van der Waals surface area contributed by atoms with Crippen LogP contribution in [0.5, 0.6) is 34.5 Å². The highest BCUT2D eigenvalue weighted by atomic mass is 16.5. The predicted molar refractivity (Wildman–Crippen MR) is 245 cm³/mol. The molecule has 4 aromatic rings. The van der Waals surface area contributed by atoms with Crippen LogP contribution in [0.4, 0.5) is 11.4 Å². The van der Waals surface area contributed by atoms with Crippen molar-refractivity contribution in [2.24, 2.45) is 16.5 Å². The van der Waals surface area contributed by atoms with Crippen molar-refractivity contribution in [2.75, 3.05) is 79.5 Å². The Kier molecular flexibility index (Phi) is 16.9. The Hall–Kier alpha value is -8.23. The van der Waals surface area contributed by atoms with Gasteiger partial charge in [0, 0.05) is 73.6 Å². The lowest BCUT2D eigenvalue weighted by atomic mass is 10.0. The summed E-state index contributed by atoms with van der Waals surface area (Å²) in [6.45, 7) is 0.874. The summed E-state index contributed by atoms with van der Waals surface area (Å²) >= 11 is 0. The molecule has 20 nitrogen and oxygen atoms in total. The van der Waals surface area contributed by atoms with Gasteiger partial charge in [-0.25, -0.2) is 4.99 Å². The molecule has 0 saturated carbocycles. The number of nitrogens with zero attached hydrogens (tertiary/aromatic N) is 1. The summed E-state index contributed by atoms with van der Waals surface area (Å²) in [4.78, 5) is 83.9. The molecule has 346 valence electrons. The van der Waals surface area contributed by atoms with E-state index >= 15 is 0 Å². The van der Waals surface area contributed by atoms with Crippen LogP contribution in [0.2, 0.25) is 0 Å². The van der Waals surface area contributed by atoms with Gasteiger partial charge in [0.25, 0.3) is 35.4 Å². The highest BCUT2D eigenvalue weighted by Gasteiger charge is 2.25. The average molecular weight is 907 g/mol. The lowest BCUT2D eigenvalue weighted by Gasteiger charge is -2.16. The minimum atomic E-state index is -0.718. The number of nitrogens with one attached hydrogen (secondary N) is 5. The number of methoxy groups -OCH3 is 6. The molecule has 0 aliphatic heterocycles. The number of allylic oxidation sites excluding steroid dienone is 3. The minimum Gasteiger partial charge on any atom is -0.496 e. The topological polar surface area (TPSA) is 282 Å². The van der Waals surface area contributed by atoms with E-state index in [1.165, 1.54) is 79.1 Å². The van der Waals surface area contributed by atoms with Crippen LogP contribution < -0.4 is 66.5 Å². The molecule has 9 N–H and O–H groups in total. The van der Waals surface area contributed by atoms with Crippen molar-refractivity contribution < 1.29 is 57.2 Å². The monoisotopic (exact) mass is 906 g/mol. The number of anilines is 2. The van der Waals surface area contributed by atoms with Gasteiger partial charge < -0.3 is 66.5 Å². The van der Waals surface area contributed by atoms with E-state index in [4.69, 9.17) is 39.9 Å². The first-order valence-electron chi connectivity index (χ1n) is 20.1. The predicted octanol–water partition coefficient (Wildman–Crippen LogP) is 3.47. The molecule has 4 aromatic carbocycles. The lowest BCUT2D eigenvalue weighted by Crippen LogP contribution is -2.30. The maximum atomic E-state index is 13.7. The molecule has 0 unspecified atom stereocenters. The van der Waals surface area contributed by atoms with Gasteiger partial charge in [-0.15, -0.1) is 0 Å². The first-order valence-corrected chi connectivity index (χ1v) is 20.1. The summed E-state index contributed by atoms with van der Waals surface area (Å²) in [6, 6.07) is 14.5. The van der Waals surface area contributed by atoms with Gasteiger partial charge in [-0.1, -0.05) is 6.08 Å². The standard InChI is InChI=1S/C46H50N8O12/c1-61-35-22-37(63-3)31(19-29(35)41(55)49-17-15-47)43(57)51-25-7-11-27(12-8-25)53-45(59)33-21-34(40(66-6)24-39(33)65-5)46(60)54-28-13-9-26(10-14-28)52-44(58)32-20-30(42(56)50-18-16-48)36(62-2)23-38(32)64-4/h7-13,19-24H,14-18,47-48H2,1-6H3,(H,49,55)(H,50,56)(H,51,57)(H,52,58)(H,53,59). The quantitative estimate of drug-likeness (QED) is 0.0710. The fourth-order valence-corrected chi connectivity index (χ4v) is 6.45. The van der Waals surface area contributed by atoms with E-state index in [0.717, 1.165) is 0 Å². The molecule has 0 atom stereocenters. The number of benzene rings is 4. The van der Waals surface area contributed by atoms with E-state index in [9.17, 15) is 28.8 Å². The maximum absolute atomic E-state index is 13.7. The molecule has 6 amide bonds. The molecule has 0 bridgehead atoms. The summed E-state index contributed by atoms with van der Waals surface area (Å²) in [5, 5.41) is 13.6. The zero-order valence-corrected chi connectivity index (χ0v) is 37.0. The van der Waals surface area contributed by atoms with Crippen LogP contribution in [-0.4, -0.2) is 110 Å². The van der Waals surface area contributed by atoms with Gasteiger partial charge in [0.2, 0.25) is 0 Å². The molecule has 5 rings (SSSR count). The van der Waals surface area contributed by atoms with Crippen LogP contribution >= 0.6 is 0 Å². The van der Waals surface area contributed by atoms with Gasteiger partial charge in [0.1, 0.15) is 34.5 Å². The lowest BCUT2D eigenvalue weighted by molar-refractivity contribution is 0.0940. The molecule has 0 aromatic heterocycles. The van der Waals surface area contributed by atoms with Crippen LogP contribution in [0.15, 0.2) is 89.6 Å². The zero-order chi connectivity index (χ0) is 47.9. The smallest absolute Gasteiger partial charge is 0.281 e. The largest absolute Gasteiger partial charge is 0.496 e. The Morgan fingerprint density at radius 1 is 0.485 bits per heavy atom. The number of carbonyl (C=O) groups is 6. The van der Waals surface area contributed by atoms with Crippen molar-refractivity contribution in [3.63, 3.8) is 0 Å². The second-order valence-corrected chi connectivity index (χ2v) is 13.9. The molecule has 0 heterocycles. The van der Waals surface area contributed by atoms with Gasteiger partial charge in [-0.05, 0) is 54.6 Å². The Morgan fingerprint density at radius 2 is 0.833 bits per heavy atom. The van der Waals surface area contributed by atoms with Crippen LogP contribution in [0.3, 0.4) is 0 Å². The van der Waals surface area contributed by atoms with Gasteiger partial charge >= 0.3 is 0 Å². The number of hydrogen-bond donors (Lipinski definition) is 7. The Morgan fingerprint density at radius 3 is 1.18 bits per heavy atom. The van der Waals surface area contributed by atoms with Crippen molar-refractivity contribution in [3.8, 4) is 34.5 Å².